The fourth-order valence-electron chi connectivity index (χ4n) is 2.04. The van der Waals surface area contributed by atoms with Gasteiger partial charge in [0.15, 0.2) is 23.9 Å². The lowest BCUT2D eigenvalue weighted by atomic mass is 10.1. The Hall–Kier alpha value is -2.69. The minimum absolute atomic E-state index is 0.0874. The lowest BCUT2D eigenvalue weighted by Gasteiger charge is -2.15. The molecule has 2 aromatic rings. The minimum atomic E-state index is -0.113. The van der Waals surface area contributed by atoms with Gasteiger partial charge in [-0.05, 0) is 12.1 Å². The molecule has 0 unspecified atom stereocenters. The van der Waals surface area contributed by atoms with E-state index in [9.17, 15) is 4.79 Å². The van der Waals surface area contributed by atoms with Crippen LogP contribution in [0.2, 0.25) is 0 Å². The second-order valence-corrected chi connectivity index (χ2v) is 4.41. The summed E-state index contributed by atoms with van der Waals surface area (Å²) in [5.41, 5.74) is 0.599. The summed E-state index contributed by atoms with van der Waals surface area (Å²) in [6.45, 7) is -0.0874. The first kappa shape index (κ1) is 15.7. The van der Waals surface area contributed by atoms with Gasteiger partial charge in [0, 0.05) is 5.56 Å². The van der Waals surface area contributed by atoms with E-state index in [4.69, 9.17) is 18.9 Å². The summed E-state index contributed by atoms with van der Waals surface area (Å²) in [6, 6.07) is 12.3. The van der Waals surface area contributed by atoms with E-state index in [1.54, 1.807) is 24.3 Å². The van der Waals surface area contributed by atoms with Crippen molar-refractivity contribution in [2.75, 3.05) is 27.9 Å². The van der Waals surface area contributed by atoms with Crippen LogP contribution >= 0.6 is 0 Å². The van der Waals surface area contributed by atoms with Crippen LogP contribution in [0.25, 0.3) is 0 Å². The number of rotatable bonds is 7. The fourth-order valence-corrected chi connectivity index (χ4v) is 2.04. The highest BCUT2D eigenvalue weighted by Gasteiger charge is 2.18. The van der Waals surface area contributed by atoms with Gasteiger partial charge in [-0.25, -0.2) is 0 Å². The lowest BCUT2D eigenvalue weighted by Crippen LogP contribution is -2.12. The molecule has 0 spiro atoms. The van der Waals surface area contributed by atoms with Crippen molar-refractivity contribution in [1.29, 1.82) is 0 Å². The van der Waals surface area contributed by atoms with Gasteiger partial charge in [-0.3, -0.25) is 4.79 Å². The van der Waals surface area contributed by atoms with E-state index < -0.39 is 0 Å². The van der Waals surface area contributed by atoms with Crippen LogP contribution in [0, 0.1) is 0 Å². The number of carbonyl (C=O) groups excluding carboxylic acids is 1. The van der Waals surface area contributed by atoms with Crippen LogP contribution in [0.4, 0.5) is 0 Å². The molecule has 0 fully saturated rings. The third-order valence-electron chi connectivity index (χ3n) is 3.12. The maximum atomic E-state index is 12.1. The van der Waals surface area contributed by atoms with Crippen molar-refractivity contribution in [1.82, 2.24) is 0 Å². The van der Waals surface area contributed by atoms with Crippen LogP contribution in [0.1, 0.15) is 10.4 Å². The van der Waals surface area contributed by atoms with Gasteiger partial charge in [-0.15, -0.1) is 0 Å². The molecule has 0 radical (unpaired) electrons. The monoisotopic (exact) mass is 302 g/mol. The van der Waals surface area contributed by atoms with Crippen molar-refractivity contribution in [2.24, 2.45) is 0 Å². The molecule has 116 valence electrons. The molecule has 0 aliphatic rings. The van der Waals surface area contributed by atoms with Crippen molar-refractivity contribution in [3.05, 3.63) is 48.0 Å². The van der Waals surface area contributed by atoms with Crippen molar-refractivity contribution in [2.45, 2.75) is 0 Å². The van der Waals surface area contributed by atoms with Gasteiger partial charge in [-0.2, -0.15) is 0 Å². The van der Waals surface area contributed by atoms with Crippen LogP contribution in [0.3, 0.4) is 0 Å². The highest BCUT2D eigenvalue weighted by molar-refractivity contribution is 5.97. The molecule has 22 heavy (non-hydrogen) atoms. The Morgan fingerprint density at radius 2 is 1.41 bits per heavy atom. The Labute approximate surface area is 129 Å². The van der Waals surface area contributed by atoms with E-state index >= 15 is 0 Å². The SMILES string of the molecule is COc1ccc(OCC(=O)c2ccccc2)c(OC)c1OC. The normalized spacial score (nSPS) is 9.95. The molecule has 0 N–H and O–H groups in total. The van der Waals surface area contributed by atoms with Crippen molar-refractivity contribution in [3.63, 3.8) is 0 Å². The van der Waals surface area contributed by atoms with Gasteiger partial charge >= 0.3 is 0 Å². The third-order valence-corrected chi connectivity index (χ3v) is 3.12. The smallest absolute Gasteiger partial charge is 0.207 e. The quantitative estimate of drug-likeness (QED) is 0.736. The Morgan fingerprint density at radius 3 is 2.00 bits per heavy atom. The number of hydrogen-bond acceptors (Lipinski definition) is 5. The van der Waals surface area contributed by atoms with E-state index in [0.717, 1.165) is 0 Å². The molecule has 0 aliphatic carbocycles. The largest absolute Gasteiger partial charge is 0.493 e. The summed E-state index contributed by atoms with van der Waals surface area (Å²) in [7, 11) is 4.55. The molecule has 0 heterocycles. The molecular formula is C17H18O5. The number of ether oxygens (including phenoxy) is 4. The Balaban J connectivity index is 2.18. The minimum Gasteiger partial charge on any atom is -0.493 e. The maximum absolute atomic E-state index is 12.1. The summed E-state index contributed by atoms with van der Waals surface area (Å²) >= 11 is 0. The molecule has 0 atom stereocenters. The standard InChI is InChI=1S/C17H18O5/c1-19-14-9-10-15(17(21-3)16(14)20-2)22-11-13(18)12-7-5-4-6-8-12/h4-10H,11H2,1-3H3. The number of hydrogen-bond donors (Lipinski definition) is 0. The number of methoxy groups -OCH3 is 3. The molecule has 5 heteroatoms. The second-order valence-electron chi connectivity index (χ2n) is 4.41. The summed E-state index contributed by atoms with van der Waals surface area (Å²) < 4.78 is 21.4. The average molecular weight is 302 g/mol. The molecule has 0 bridgehead atoms. The van der Waals surface area contributed by atoms with E-state index in [-0.39, 0.29) is 12.4 Å². The zero-order chi connectivity index (χ0) is 15.9. The highest BCUT2D eigenvalue weighted by atomic mass is 16.5. The molecular weight excluding hydrogens is 284 g/mol. The molecule has 5 nitrogen and oxygen atoms in total. The maximum Gasteiger partial charge on any atom is 0.207 e. The molecule has 2 rings (SSSR count). The van der Waals surface area contributed by atoms with Gasteiger partial charge in [0.1, 0.15) is 0 Å². The van der Waals surface area contributed by atoms with Crippen molar-refractivity contribution in [3.8, 4) is 23.0 Å². The van der Waals surface area contributed by atoms with Crippen LogP contribution < -0.4 is 18.9 Å². The molecule has 0 aromatic heterocycles. The Bertz CT molecular complexity index is 637. The molecule has 0 saturated heterocycles. The second kappa shape index (κ2) is 7.36. The summed E-state index contributed by atoms with van der Waals surface area (Å²) in [4.78, 5) is 12.1. The van der Waals surface area contributed by atoms with E-state index in [1.165, 1.54) is 21.3 Å². The lowest BCUT2D eigenvalue weighted by molar-refractivity contribution is 0.0919. The highest BCUT2D eigenvalue weighted by Crippen LogP contribution is 2.43. The number of Topliss-reactive ketones (excluding diaryl/α,β-unsaturated/α-hetero) is 1. The fraction of sp³-hybridized carbons (Fsp3) is 0.235. The number of carbonyl (C=O) groups is 1. The molecule has 0 aliphatic heterocycles. The third kappa shape index (κ3) is 3.31. The first-order valence-electron chi connectivity index (χ1n) is 6.71. The zero-order valence-electron chi connectivity index (χ0n) is 12.8. The topological polar surface area (TPSA) is 54.0 Å². The van der Waals surface area contributed by atoms with Crippen molar-refractivity contribution >= 4 is 5.78 Å². The van der Waals surface area contributed by atoms with Gasteiger partial charge < -0.3 is 18.9 Å². The molecule has 2 aromatic carbocycles. The van der Waals surface area contributed by atoms with Crippen LogP contribution in [0.5, 0.6) is 23.0 Å². The number of ketones is 1. The van der Waals surface area contributed by atoms with Crippen LogP contribution in [-0.4, -0.2) is 33.7 Å². The van der Waals surface area contributed by atoms with Gasteiger partial charge in [0.2, 0.25) is 11.5 Å². The Kier molecular flexibility index (Phi) is 5.25. The first-order chi connectivity index (χ1) is 10.7. The van der Waals surface area contributed by atoms with Gasteiger partial charge in [0.25, 0.3) is 0 Å². The predicted octanol–water partition coefficient (Wildman–Crippen LogP) is 2.97. The van der Waals surface area contributed by atoms with E-state index in [2.05, 4.69) is 0 Å². The summed E-state index contributed by atoms with van der Waals surface area (Å²) in [6.07, 6.45) is 0. The van der Waals surface area contributed by atoms with E-state index in [1.807, 2.05) is 18.2 Å². The Morgan fingerprint density at radius 1 is 0.818 bits per heavy atom. The van der Waals surface area contributed by atoms with Gasteiger partial charge in [-0.1, -0.05) is 30.3 Å². The van der Waals surface area contributed by atoms with Crippen LogP contribution in [-0.2, 0) is 0 Å². The number of benzene rings is 2. The van der Waals surface area contributed by atoms with Crippen molar-refractivity contribution < 1.29 is 23.7 Å². The summed E-state index contributed by atoms with van der Waals surface area (Å²) in [5.74, 6) is 1.65. The van der Waals surface area contributed by atoms with Gasteiger partial charge in [0.05, 0.1) is 21.3 Å². The van der Waals surface area contributed by atoms with E-state index in [0.29, 0.717) is 28.6 Å². The molecule has 0 amide bonds. The molecule has 0 saturated carbocycles. The first-order valence-corrected chi connectivity index (χ1v) is 6.71. The predicted molar refractivity (Wildman–Crippen MR) is 82.4 cm³/mol. The van der Waals surface area contributed by atoms with Crippen LogP contribution in [0.15, 0.2) is 42.5 Å². The zero-order valence-corrected chi connectivity index (χ0v) is 12.8. The summed E-state index contributed by atoms with van der Waals surface area (Å²) in [5, 5.41) is 0. The average Bonchev–Trinajstić information content (AvgIpc) is 2.59.